The number of alkyl halides is 2. The van der Waals surface area contributed by atoms with E-state index in [9.17, 15) is 8.78 Å². The van der Waals surface area contributed by atoms with Gasteiger partial charge < -0.3 is 4.57 Å². The molecule has 2 rings (SSSR count). The lowest BCUT2D eigenvalue weighted by atomic mass is 10.1. The third kappa shape index (κ3) is 1.78. The number of benzene rings is 1. The number of aryl methyl sites for hydroxylation is 1. The average Bonchev–Trinajstić information content (AvgIpc) is 2.42. The third-order valence-corrected chi connectivity index (χ3v) is 2.92. The van der Waals surface area contributed by atoms with Gasteiger partial charge in [-0.3, -0.25) is 0 Å². The minimum absolute atomic E-state index is 0.0706. The van der Waals surface area contributed by atoms with Crippen LogP contribution in [0, 0.1) is 0 Å². The van der Waals surface area contributed by atoms with Gasteiger partial charge in [-0.15, -0.1) is 0 Å². The van der Waals surface area contributed by atoms with Crippen LogP contribution in [-0.4, -0.2) is 4.57 Å². The van der Waals surface area contributed by atoms with Crippen LogP contribution in [0.4, 0.5) is 8.78 Å². The molecule has 4 heteroatoms. The Morgan fingerprint density at radius 2 is 2.00 bits per heavy atom. The molecule has 15 heavy (non-hydrogen) atoms. The second-order valence-electron chi connectivity index (χ2n) is 3.70. The van der Waals surface area contributed by atoms with Crippen LogP contribution in [0.15, 0.2) is 28.9 Å². The van der Waals surface area contributed by atoms with Gasteiger partial charge in [0.15, 0.2) is 0 Å². The lowest BCUT2D eigenvalue weighted by Crippen LogP contribution is -2.05. The molecule has 0 saturated heterocycles. The molecule has 0 aliphatic carbocycles. The summed E-state index contributed by atoms with van der Waals surface area (Å²) in [7, 11) is 1.77. The summed E-state index contributed by atoms with van der Waals surface area (Å²) in [4.78, 5) is 0. The summed E-state index contributed by atoms with van der Waals surface area (Å²) in [6, 6.07) is 5.40. The summed E-state index contributed by atoms with van der Waals surface area (Å²) in [5, 5.41) is 0.597. The van der Waals surface area contributed by atoms with E-state index < -0.39 is 5.92 Å². The summed E-state index contributed by atoms with van der Waals surface area (Å²) in [6.45, 7) is 0.919. The number of halogens is 3. The Morgan fingerprint density at radius 1 is 1.33 bits per heavy atom. The largest absolute Gasteiger partial charge is 0.350 e. The topological polar surface area (TPSA) is 4.93 Å². The minimum Gasteiger partial charge on any atom is -0.350 e. The highest BCUT2D eigenvalue weighted by Crippen LogP contribution is 2.35. The molecule has 1 aromatic carbocycles. The maximum absolute atomic E-state index is 13.3. The molecule has 0 fully saturated rings. The van der Waals surface area contributed by atoms with Gasteiger partial charge in [0.05, 0.1) is 0 Å². The van der Waals surface area contributed by atoms with E-state index in [0.29, 0.717) is 5.39 Å². The van der Waals surface area contributed by atoms with Crippen LogP contribution < -0.4 is 0 Å². The number of aromatic nitrogens is 1. The molecule has 0 radical (unpaired) electrons. The molecule has 0 atom stereocenters. The maximum atomic E-state index is 13.3. The van der Waals surface area contributed by atoms with Crippen LogP contribution in [0.1, 0.15) is 12.5 Å². The molecule has 0 bridgehead atoms. The molecule has 0 N–H and O–H groups in total. The summed E-state index contributed by atoms with van der Waals surface area (Å²) >= 11 is 3.29. The van der Waals surface area contributed by atoms with Crippen LogP contribution >= 0.6 is 15.9 Å². The van der Waals surface area contributed by atoms with Gasteiger partial charge in [0.2, 0.25) is 0 Å². The van der Waals surface area contributed by atoms with Crippen molar-refractivity contribution in [3.63, 3.8) is 0 Å². The summed E-state index contributed by atoms with van der Waals surface area (Å²) in [5.41, 5.74) is 0.885. The second kappa shape index (κ2) is 3.30. The van der Waals surface area contributed by atoms with Crippen molar-refractivity contribution in [3.8, 4) is 0 Å². The van der Waals surface area contributed by atoms with Gasteiger partial charge in [-0.1, -0.05) is 15.9 Å². The highest BCUT2D eigenvalue weighted by molar-refractivity contribution is 9.10. The molecule has 0 spiro atoms. The highest BCUT2D eigenvalue weighted by Gasteiger charge is 2.28. The van der Waals surface area contributed by atoms with Crippen LogP contribution in [0.25, 0.3) is 10.9 Å². The van der Waals surface area contributed by atoms with Gasteiger partial charge in [-0.2, -0.15) is 0 Å². The van der Waals surface area contributed by atoms with Gasteiger partial charge in [-0.25, -0.2) is 8.78 Å². The first-order chi connectivity index (χ1) is 6.89. The van der Waals surface area contributed by atoms with Gasteiger partial charge in [0.25, 0.3) is 5.92 Å². The quantitative estimate of drug-likeness (QED) is 0.739. The fraction of sp³-hybridized carbons (Fsp3) is 0.273. The molecule has 1 aromatic heterocycles. The maximum Gasteiger partial charge on any atom is 0.272 e. The first-order valence-corrected chi connectivity index (χ1v) is 5.32. The van der Waals surface area contributed by atoms with Crippen molar-refractivity contribution in [3.05, 3.63) is 34.4 Å². The van der Waals surface area contributed by atoms with E-state index in [-0.39, 0.29) is 5.56 Å². The monoisotopic (exact) mass is 273 g/mol. The molecule has 80 valence electrons. The lowest BCUT2D eigenvalue weighted by Gasteiger charge is -2.08. The van der Waals surface area contributed by atoms with Crippen molar-refractivity contribution in [1.82, 2.24) is 4.57 Å². The zero-order valence-corrected chi connectivity index (χ0v) is 9.98. The Morgan fingerprint density at radius 3 is 2.60 bits per heavy atom. The summed E-state index contributed by atoms with van der Waals surface area (Å²) < 4.78 is 29.1. The van der Waals surface area contributed by atoms with Crippen molar-refractivity contribution < 1.29 is 8.78 Å². The molecule has 0 saturated carbocycles. The summed E-state index contributed by atoms with van der Waals surface area (Å²) in [5.74, 6) is -2.81. The lowest BCUT2D eigenvalue weighted by molar-refractivity contribution is 0.0189. The van der Waals surface area contributed by atoms with E-state index in [1.807, 2.05) is 12.1 Å². The number of nitrogens with zero attached hydrogens (tertiary/aromatic N) is 1. The van der Waals surface area contributed by atoms with Crippen molar-refractivity contribution in [1.29, 1.82) is 0 Å². The van der Waals surface area contributed by atoms with Gasteiger partial charge >= 0.3 is 0 Å². The van der Waals surface area contributed by atoms with Crippen molar-refractivity contribution in [2.75, 3.05) is 0 Å². The van der Waals surface area contributed by atoms with E-state index in [1.165, 1.54) is 6.20 Å². The van der Waals surface area contributed by atoms with Gasteiger partial charge in [-0.05, 0) is 18.2 Å². The number of hydrogen-bond donors (Lipinski definition) is 0. The first kappa shape index (κ1) is 10.6. The van der Waals surface area contributed by atoms with Gasteiger partial charge in [0.1, 0.15) is 0 Å². The first-order valence-electron chi connectivity index (χ1n) is 4.52. The van der Waals surface area contributed by atoms with E-state index in [1.54, 1.807) is 17.7 Å². The highest BCUT2D eigenvalue weighted by atomic mass is 79.9. The average molecular weight is 274 g/mol. The predicted molar refractivity (Wildman–Crippen MR) is 60.2 cm³/mol. The molecular weight excluding hydrogens is 264 g/mol. The number of rotatable bonds is 1. The molecule has 2 aromatic rings. The molecule has 1 heterocycles. The SMILES string of the molecule is Cn1cc(C(C)(F)F)c2cc(Br)ccc21. The van der Waals surface area contributed by atoms with Gasteiger partial charge in [0, 0.05) is 41.1 Å². The molecule has 0 aliphatic rings. The Bertz CT molecular complexity index is 511. The Kier molecular flexibility index (Phi) is 2.34. The van der Waals surface area contributed by atoms with E-state index in [4.69, 9.17) is 0 Å². The molecule has 0 unspecified atom stereocenters. The molecule has 0 amide bonds. The fourth-order valence-corrected chi connectivity index (χ4v) is 2.08. The van der Waals surface area contributed by atoms with E-state index in [2.05, 4.69) is 15.9 Å². The minimum atomic E-state index is -2.81. The third-order valence-electron chi connectivity index (χ3n) is 2.42. The Labute approximate surface area is 94.8 Å². The second-order valence-corrected chi connectivity index (χ2v) is 4.62. The van der Waals surface area contributed by atoms with Crippen LogP contribution in [0.3, 0.4) is 0 Å². The normalized spacial score (nSPS) is 12.3. The zero-order chi connectivity index (χ0) is 11.2. The molecule has 1 nitrogen and oxygen atoms in total. The van der Waals surface area contributed by atoms with E-state index in [0.717, 1.165) is 16.9 Å². The van der Waals surface area contributed by atoms with Crippen LogP contribution in [0.5, 0.6) is 0 Å². The standard InChI is InChI=1S/C11H10BrF2N/c1-11(13,14)9-6-15(2)10-4-3-7(12)5-8(9)10/h3-6H,1-2H3. The molecular formula is C11H10BrF2N. The Balaban J connectivity index is 2.81. The zero-order valence-electron chi connectivity index (χ0n) is 8.39. The Hall–Kier alpha value is -0.900. The fourth-order valence-electron chi connectivity index (χ4n) is 1.71. The van der Waals surface area contributed by atoms with E-state index >= 15 is 0 Å². The van der Waals surface area contributed by atoms with Crippen LogP contribution in [0.2, 0.25) is 0 Å². The van der Waals surface area contributed by atoms with Crippen LogP contribution in [-0.2, 0) is 13.0 Å². The van der Waals surface area contributed by atoms with Crippen molar-refractivity contribution in [2.24, 2.45) is 7.05 Å². The van der Waals surface area contributed by atoms with Crippen molar-refractivity contribution in [2.45, 2.75) is 12.8 Å². The summed E-state index contributed by atoms with van der Waals surface area (Å²) in [6.07, 6.45) is 1.48. The van der Waals surface area contributed by atoms with Crippen molar-refractivity contribution >= 4 is 26.8 Å². The smallest absolute Gasteiger partial charge is 0.272 e. The number of hydrogen-bond acceptors (Lipinski definition) is 0. The predicted octanol–water partition coefficient (Wildman–Crippen LogP) is 4.05. The molecule has 0 aliphatic heterocycles. The number of fused-ring (bicyclic) bond motifs is 1.